The van der Waals surface area contributed by atoms with E-state index < -0.39 is 12.1 Å². The summed E-state index contributed by atoms with van der Waals surface area (Å²) < 4.78 is 5.21. The fourth-order valence-electron chi connectivity index (χ4n) is 2.75. The van der Waals surface area contributed by atoms with Crippen LogP contribution in [0.2, 0.25) is 0 Å². The molecular weight excluding hydrogens is 254 g/mol. The minimum absolute atomic E-state index is 0.165. The van der Waals surface area contributed by atoms with Gasteiger partial charge in [-0.15, -0.1) is 0 Å². The van der Waals surface area contributed by atoms with Crippen molar-refractivity contribution in [2.75, 3.05) is 0 Å². The highest BCUT2D eigenvalue weighted by molar-refractivity contribution is 5.36. The lowest BCUT2D eigenvalue weighted by Gasteiger charge is -2.22. The summed E-state index contributed by atoms with van der Waals surface area (Å²) in [6, 6.07) is 7.76. The Labute approximate surface area is 117 Å². The largest absolute Gasteiger partial charge is 0.391 e. The first-order valence-electron chi connectivity index (χ1n) is 7.01. The molecule has 1 heterocycles. The van der Waals surface area contributed by atoms with Gasteiger partial charge in [0.05, 0.1) is 6.10 Å². The number of nitrogens with zero attached hydrogens (tertiary/aromatic N) is 2. The third-order valence-corrected chi connectivity index (χ3v) is 3.94. The Bertz CT molecular complexity index is 594. The maximum atomic E-state index is 9.50. The molecule has 1 aromatic carbocycles. The van der Waals surface area contributed by atoms with Crippen LogP contribution < -0.4 is 5.73 Å². The van der Waals surface area contributed by atoms with Crippen LogP contribution in [0.3, 0.4) is 0 Å². The number of aliphatic hydroxyl groups excluding tert-OH is 1. The number of benzene rings is 1. The Kier molecular flexibility index (Phi) is 3.54. The minimum Gasteiger partial charge on any atom is -0.391 e. The molecule has 2 aromatic rings. The Morgan fingerprint density at radius 3 is 3.00 bits per heavy atom. The second-order valence-electron chi connectivity index (χ2n) is 5.40. The lowest BCUT2D eigenvalue weighted by atomic mass is 9.82. The van der Waals surface area contributed by atoms with Gasteiger partial charge in [-0.25, -0.2) is 0 Å². The summed E-state index contributed by atoms with van der Waals surface area (Å²) in [7, 11) is 0. The van der Waals surface area contributed by atoms with Gasteiger partial charge in [0.25, 0.3) is 0 Å². The van der Waals surface area contributed by atoms with E-state index in [0.29, 0.717) is 11.7 Å². The minimum atomic E-state index is -0.707. The van der Waals surface area contributed by atoms with Gasteiger partial charge in [0.15, 0.2) is 5.82 Å². The SMILES string of the molecule is CC(O)C(N)c1nc(C2CCCc3ccccc32)no1. The van der Waals surface area contributed by atoms with Crippen LogP contribution in [0.25, 0.3) is 0 Å². The van der Waals surface area contributed by atoms with Gasteiger partial charge in [0, 0.05) is 5.92 Å². The summed E-state index contributed by atoms with van der Waals surface area (Å²) in [5.74, 6) is 1.14. The van der Waals surface area contributed by atoms with Crippen LogP contribution >= 0.6 is 0 Å². The van der Waals surface area contributed by atoms with Crippen LogP contribution in [0.1, 0.15) is 54.6 Å². The maximum Gasteiger partial charge on any atom is 0.246 e. The Morgan fingerprint density at radius 2 is 2.20 bits per heavy atom. The first-order chi connectivity index (χ1) is 9.66. The maximum absolute atomic E-state index is 9.50. The summed E-state index contributed by atoms with van der Waals surface area (Å²) in [6.07, 6.45) is 2.53. The van der Waals surface area contributed by atoms with Gasteiger partial charge in [-0.05, 0) is 37.3 Å². The molecule has 5 nitrogen and oxygen atoms in total. The molecule has 3 N–H and O–H groups in total. The summed E-state index contributed by atoms with van der Waals surface area (Å²) in [4.78, 5) is 4.39. The number of nitrogens with two attached hydrogens (primary N) is 1. The zero-order valence-corrected chi connectivity index (χ0v) is 11.5. The van der Waals surface area contributed by atoms with Crippen LogP contribution in [0.15, 0.2) is 28.8 Å². The molecular formula is C15H19N3O2. The second kappa shape index (κ2) is 5.34. The van der Waals surface area contributed by atoms with Gasteiger partial charge < -0.3 is 15.4 Å². The van der Waals surface area contributed by atoms with Crippen molar-refractivity contribution < 1.29 is 9.63 Å². The zero-order chi connectivity index (χ0) is 14.1. The Morgan fingerprint density at radius 1 is 1.40 bits per heavy atom. The third kappa shape index (κ3) is 2.34. The molecule has 1 aliphatic rings. The lowest BCUT2D eigenvalue weighted by Crippen LogP contribution is -2.23. The van der Waals surface area contributed by atoms with E-state index >= 15 is 0 Å². The molecule has 0 saturated heterocycles. The van der Waals surface area contributed by atoms with Crippen LogP contribution in [-0.4, -0.2) is 21.4 Å². The lowest BCUT2D eigenvalue weighted by molar-refractivity contribution is 0.146. The molecule has 20 heavy (non-hydrogen) atoms. The number of fused-ring (bicyclic) bond motifs is 1. The number of hydrogen-bond acceptors (Lipinski definition) is 5. The van der Waals surface area contributed by atoms with E-state index in [-0.39, 0.29) is 5.92 Å². The molecule has 3 unspecified atom stereocenters. The number of aryl methyl sites for hydroxylation is 1. The van der Waals surface area contributed by atoms with Crippen molar-refractivity contribution in [2.24, 2.45) is 5.73 Å². The van der Waals surface area contributed by atoms with Crippen molar-refractivity contribution in [1.29, 1.82) is 0 Å². The Balaban J connectivity index is 1.91. The first-order valence-corrected chi connectivity index (χ1v) is 7.01. The van der Waals surface area contributed by atoms with E-state index in [2.05, 4.69) is 28.3 Å². The van der Waals surface area contributed by atoms with E-state index in [1.807, 2.05) is 6.07 Å². The van der Waals surface area contributed by atoms with E-state index in [1.54, 1.807) is 6.92 Å². The zero-order valence-electron chi connectivity index (χ0n) is 11.5. The number of aliphatic hydroxyl groups is 1. The van der Waals surface area contributed by atoms with Gasteiger partial charge in [0.1, 0.15) is 6.04 Å². The van der Waals surface area contributed by atoms with Crippen molar-refractivity contribution in [3.05, 3.63) is 47.1 Å². The average Bonchev–Trinajstić information content (AvgIpc) is 2.95. The summed E-state index contributed by atoms with van der Waals surface area (Å²) in [6.45, 7) is 1.62. The normalized spacial score (nSPS) is 21.2. The number of rotatable bonds is 3. The quantitative estimate of drug-likeness (QED) is 0.892. The molecule has 1 aliphatic carbocycles. The molecule has 106 valence electrons. The predicted molar refractivity (Wildman–Crippen MR) is 74.1 cm³/mol. The van der Waals surface area contributed by atoms with Gasteiger partial charge >= 0.3 is 0 Å². The van der Waals surface area contributed by atoms with Crippen LogP contribution in [0.4, 0.5) is 0 Å². The molecule has 0 aliphatic heterocycles. The molecule has 5 heteroatoms. The van der Waals surface area contributed by atoms with Gasteiger partial charge in [-0.2, -0.15) is 4.98 Å². The van der Waals surface area contributed by atoms with Crippen LogP contribution in [-0.2, 0) is 6.42 Å². The van der Waals surface area contributed by atoms with Crippen molar-refractivity contribution in [2.45, 2.75) is 44.2 Å². The van der Waals surface area contributed by atoms with Gasteiger partial charge in [-0.1, -0.05) is 29.4 Å². The van der Waals surface area contributed by atoms with Gasteiger partial charge in [-0.3, -0.25) is 0 Å². The highest BCUT2D eigenvalue weighted by atomic mass is 16.5. The summed E-state index contributed by atoms with van der Waals surface area (Å²) in [5, 5.41) is 13.6. The molecule has 0 amide bonds. The second-order valence-corrected chi connectivity index (χ2v) is 5.40. The first kappa shape index (κ1) is 13.3. The smallest absolute Gasteiger partial charge is 0.246 e. The predicted octanol–water partition coefficient (Wildman–Crippen LogP) is 1.92. The number of hydrogen-bond donors (Lipinski definition) is 2. The van der Waals surface area contributed by atoms with Crippen molar-refractivity contribution in [3.63, 3.8) is 0 Å². The number of aromatic nitrogens is 2. The molecule has 0 radical (unpaired) electrons. The van der Waals surface area contributed by atoms with E-state index in [9.17, 15) is 5.11 Å². The van der Waals surface area contributed by atoms with Crippen molar-refractivity contribution >= 4 is 0 Å². The van der Waals surface area contributed by atoms with Crippen molar-refractivity contribution in [1.82, 2.24) is 10.1 Å². The Hall–Kier alpha value is -1.72. The van der Waals surface area contributed by atoms with E-state index in [1.165, 1.54) is 11.1 Å². The summed E-state index contributed by atoms with van der Waals surface area (Å²) >= 11 is 0. The average molecular weight is 273 g/mol. The van der Waals surface area contributed by atoms with Gasteiger partial charge in [0.2, 0.25) is 5.89 Å². The topological polar surface area (TPSA) is 85.2 Å². The third-order valence-electron chi connectivity index (χ3n) is 3.94. The highest BCUT2D eigenvalue weighted by Crippen LogP contribution is 2.35. The molecule has 0 saturated carbocycles. The molecule has 1 aromatic heterocycles. The van der Waals surface area contributed by atoms with E-state index in [0.717, 1.165) is 19.3 Å². The monoisotopic (exact) mass is 273 g/mol. The molecule has 0 fully saturated rings. The fraction of sp³-hybridized carbons (Fsp3) is 0.467. The standard InChI is InChI=1S/C15H19N3O2/c1-9(19)13(16)15-17-14(18-20-15)12-8-4-6-10-5-2-3-7-11(10)12/h2-3,5,7,9,12-13,19H,4,6,8,16H2,1H3. The molecule has 0 spiro atoms. The van der Waals surface area contributed by atoms with Crippen LogP contribution in [0.5, 0.6) is 0 Å². The molecule has 3 rings (SSSR count). The summed E-state index contributed by atoms with van der Waals surface area (Å²) in [5.41, 5.74) is 8.46. The van der Waals surface area contributed by atoms with Crippen molar-refractivity contribution in [3.8, 4) is 0 Å². The molecule has 3 atom stereocenters. The fourth-order valence-corrected chi connectivity index (χ4v) is 2.75. The van der Waals surface area contributed by atoms with E-state index in [4.69, 9.17) is 10.3 Å². The van der Waals surface area contributed by atoms with Crippen LogP contribution in [0, 0.1) is 0 Å². The molecule has 0 bridgehead atoms. The highest BCUT2D eigenvalue weighted by Gasteiger charge is 2.27.